The predicted molar refractivity (Wildman–Crippen MR) is 111 cm³/mol. The van der Waals surface area contributed by atoms with Crippen LogP contribution >= 0.6 is 0 Å². The SMILES string of the molecule is CCC1Oc2ncc(CN3CC=C(c4ccc(C(=O)NC)nc4)CO3)cc2NC1O. The van der Waals surface area contributed by atoms with Crippen molar-refractivity contribution in [2.45, 2.75) is 32.2 Å². The zero-order chi connectivity index (χ0) is 21.1. The number of aliphatic hydroxyl groups is 1. The number of carbonyl (C=O) groups excluding carboxylic acids is 1. The van der Waals surface area contributed by atoms with Gasteiger partial charge in [0.15, 0.2) is 6.23 Å². The van der Waals surface area contributed by atoms with Crippen molar-refractivity contribution in [1.82, 2.24) is 20.3 Å². The van der Waals surface area contributed by atoms with E-state index in [1.165, 1.54) is 0 Å². The van der Waals surface area contributed by atoms with Gasteiger partial charge in [-0.2, -0.15) is 5.06 Å². The first kappa shape index (κ1) is 20.3. The minimum absolute atomic E-state index is 0.210. The Balaban J connectivity index is 1.38. The highest BCUT2D eigenvalue weighted by molar-refractivity contribution is 5.92. The molecule has 9 nitrogen and oxygen atoms in total. The monoisotopic (exact) mass is 411 g/mol. The molecule has 0 aromatic carbocycles. The number of anilines is 1. The summed E-state index contributed by atoms with van der Waals surface area (Å²) < 4.78 is 5.72. The number of aliphatic hydroxyl groups excluding tert-OH is 1. The first-order valence-electron chi connectivity index (χ1n) is 9.93. The van der Waals surface area contributed by atoms with Gasteiger partial charge in [0.1, 0.15) is 11.8 Å². The van der Waals surface area contributed by atoms with Gasteiger partial charge in [-0.1, -0.05) is 19.1 Å². The van der Waals surface area contributed by atoms with E-state index in [0.29, 0.717) is 43.4 Å². The second-order valence-electron chi connectivity index (χ2n) is 7.19. The van der Waals surface area contributed by atoms with Gasteiger partial charge in [0.25, 0.3) is 5.91 Å². The van der Waals surface area contributed by atoms with Crippen molar-refractivity contribution in [3.8, 4) is 5.88 Å². The number of nitrogens with zero attached hydrogens (tertiary/aromatic N) is 3. The molecule has 0 aliphatic carbocycles. The van der Waals surface area contributed by atoms with Crippen molar-refractivity contribution in [2.24, 2.45) is 0 Å². The lowest BCUT2D eigenvalue weighted by Gasteiger charge is -2.31. The average molecular weight is 411 g/mol. The minimum atomic E-state index is -0.750. The van der Waals surface area contributed by atoms with Gasteiger partial charge >= 0.3 is 0 Å². The molecule has 0 spiro atoms. The van der Waals surface area contributed by atoms with E-state index < -0.39 is 6.23 Å². The van der Waals surface area contributed by atoms with Crippen LogP contribution in [0.25, 0.3) is 5.57 Å². The molecule has 2 unspecified atom stereocenters. The lowest BCUT2D eigenvalue weighted by molar-refractivity contribution is -0.150. The molecule has 0 saturated heterocycles. The number of carbonyl (C=O) groups is 1. The molecule has 0 radical (unpaired) electrons. The number of hydrogen-bond donors (Lipinski definition) is 3. The van der Waals surface area contributed by atoms with Crippen LogP contribution in [-0.4, -0.2) is 58.6 Å². The maximum absolute atomic E-state index is 11.6. The normalized spacial score (nSPS) is 21.1. The first-order valence-corrected chi connectivity index (χ1v) is 9.93. The van der Waals surface area contributed by atoms with Crippen LogP contribution in [0.15, 0.2) is 36.7 Å². The molecule has 2 aliphatic rings. The second-order valence-corrected chi connectivity index (χ2v) is 7.19. The third-order valence-corrected chi connectivity index (χ3v) is 5.13. The molecular weight excluding hydrogens is 386 g/mol. The van der Waals surface area contributed by atoms with E-state index in [4.69, 9.17) is 9.57 Å². The zero-order valence-electron chi connectivity index (χ0n) is 17.0. The predicted octanol–water partition coefficient (Wildman–Crippen LogP) is 1.57. The summed E-state index contributed by atoms with van der Waals surface area (Å²) in [7, 11) is 1.58. The number of aromatic nitrogens is 2. The number of rotatable bonds is 5. The summed E-state index contributed by atoms with van der Waals surface area (Å²) in [5.41, 5.74) is 3.96. The molecule has 2 aromatic rings. The van der Waals surface area contributed by atoms with E-state index in [1.807, 2.05) is 24.1 Å². The summed E-state index contributed by atoms with van der Waals surface area (Å²) >= 11 is 0. The van der Waals surface area contributed by atoms with E-state index in [1.54, 1.807) is 25.5 Å². The molecule has 9 heteroatoms. The molecule has 158 valence electrons. The summed E-state index contributed by atoms with van der Waals surface area (Å²) in [5, 5.41) is 17.5. The first-order chi connectivity index (χ1) is 14.6. The summed E-state index contributed by atoms with van der Waals surface area (Å²) in [5.74, 6) is 0.295. The van der Waals surface area contributed by atoms with Crippen LogP contribution in [-0.2, 0) is 11.4 Å². The summed E-state index contributed by atoms with van der Waals surface area (Å²) in [6, 6.07) is 5.49. The van der Waals surface area contributed by atoms with Gasteiger partial charge in [0.2, 0.25) is 5.88 Å². The maximum Gasteiger partial charge on any atom is 0.269 e. The molecule has 2 atom stereocenters. The molecule has 0 fully saturated rings. The van der Waals surface area contributed by atoms with Gasteiger partial charge in [0.05, 0.1) is 18.8 Å². The molecule has 3 N–H and O–H groups in total. The van der Waals surface area contributed by atoms with Crippen LogP contribution in [0, 0.1) is 0 Å². The summed E-state index contributed by atoms with van der Waals surface area (Å²) in [6.45, 7) is 3.52. The van der Waals surface area contributed by atoms with Crippen LogP contribution in [0.5, 0.6) is 5.88 Å². The Morgan fingerprint density at radius 3 is 2.90 bits per heavy atom. The Kier molecular flexibility index (Phi) is 5.93. The smallest absolute Gasteiger partial charge is 0.269 e. The molecule has 4 rings (SSSR count). The molecule has 2 aliphatic heterocycles. The van der Waals surface area contributed by atoms with Crippen LogP contribution in [0.4, 0.5) is 5.69 Å². The van der Waals surface area contributed by atoms with Crippen molar-refractivity contribution in [2.75, 3.05) is 25.5 Å². The Morgan fingerprint density at radius 2 is 2.23 bits per heavy atom. The topological polar surface area (TPSA) is 109 Å². The van der Waals surface area contributed by atoms with Crippen LogP contribution in [0.3, 0.4) is 0 Å². The van der Waals surface area contributed by atoms with Gasteiger partial charge in [0, 0.05) is 26.0 Å². The number of amides is 1. The summed E-state index contributed by atoms with van der Waals surface area (Å²) in [4.78, 5) is 26.1. The highest BCUT2D eigenvalue weighted by Crippen LogP contribution is 2.30. The number of nitrogens with one attached hydrogen (secondary N) is 2. The van der Waals surface area contributed by atoms with Gasteiger partial charge < -0.3 is 20.5 Å². The number of hydroxylamine groups is 2. The van der Waals surface area contributed by atoms with E-state index >= 15 is 0 Å². The quantitative estimate of drug-likeness (QED) is 0.680. The standard InChI is InChI=1S/C21H25N5O4/c1-3-18-20(28)25-17-8-13(9-24-21(17)30-18)11-26-7-6-15(12-29-26)14-4-5-16(23-10-14)19(27)22-2/h4-6,8-10,18,20,25,28H,3,7,11-12H2,1-2H3,(H,22,27). The fourth-order valence-corrected chi connectivity index (χ4v) is 3.39. The molecule has 1 amide bonds. The van der Waals surface area contributed by atoms with Crippen LogP contribution < -0.4 is 15.4 Å². The van der Waals surface area contributed by atoms with E-state index in [2.05, 4.69) is 26.7 Å². The Morgan fingerprint density at radius 1 is 1.37 bits per heavy atom. The van der Waals surface area contributed by atoms with Crippen molar-refractivity contribution >= 4 is 17.2 Å². The highest BCUT2D eigenvalue weighted by Gasteiger charge is 2.27. The average Bonchev–Trinajstić information content (AvgIpc) is 2.78. The number of fused-ring (bicyclic) bond motifs is 1. The van der Waals surface area contributed by atoms with Crippen molar-refractivity contribution in [3.63, 3.8) is 0 Å². The molecule has 30 heavy (non-hydrogen) atoms. The molecule has 0 bridgehead atoms. The number of hydrogen-bond acceptors (Lipinski definition) is 8. The minimum Gasteiger partial charge on any atom is -0.468 e. The Labute approximate surface area is 174 Å². The Bertz CT molecular complexity index is 947. The number of ether oxygens (including phenoxy) is 1. The fraction of sp³-hybridized carbons (Fsp3) is 0.381. The number of pyridine rings is 2. The molecule has 0 saturated carbocycles. The summed E-state index contributed by atoms with van der Waals surface area (Å²) in [6.07, 6.45) is 5.17. The molecule has 4 heterocycles. The second kappa shape index (κ2) is 8.78. The van der Waals surface area contributed by atoms with Gasteiger partial charge in [-0.3, -0.25) is 14.6 Å². The van der Waals surface area contributed by atoms with Crippen molar-refractivity contribution in [1.29, 1.82) is 0 Å². The Hall–Kier alpha value is -3.01. The van der Waals surface area contributed by atoms with Crippen LogP contribution in [0.1, 0.15) is 35.0 Å². The van der Waals surface area contributed by atoms with E-state index in [0.717, 1.165) is 16.7 Å². The van der Waals surface area contributed by atoms with Gasteiger partial charge in [-0.15, -0.1) is 0 Å². The highest BCUT2D eigenvalue weighted by atomic mass is 16.7. The lowest BCUT2D eigenvalue weighted by atomic mass is 10.1. The van der Waals surface area contributed by atoms with E-state index in [-0.39, 0.29) is 12.0 Å². The maximum atomic E-state index is 11.6. The fourth-order valence-electron chi connectivity index (χ4n) is 3.39. The van der Waals surface area contributed by atoms with Crippen molar-refractivity contribution < 1.29 is 19.5 Å². The van der Waals surface area contributed by atoms with E-state index in [9.17, 15) is 9.90 Å². The molecule has 2 aromatic heterocycles. The third-order valence-electron chi connectivity index (χ3n) is 5.13. The van der Waals surface area contributed by atoms with Gasteiger partial charge in [-0.05, 0) is 35.3 Å². The van der Waals surface area contributed by atoms with Gasteiger partial charge in [-0.25, -0.2) is 4.98 Å². The molecular formula is C21H25N5O4. The largest absolute Gasteiger partial charge is 0.468 e. The van der Waals surface area contributed by atoms with Crippen LogP contribution in [0.2, 0.25) is 0 Å². The lowest BCUT2D eigenvalue weighted by Crippen LogP contribution is -2.41. The third kappa shape index (κ3) is 4.28. The van der Waals surface area contributed by atoms with Crippen molar-refractivity contribution in [3.05, 3.63) is 53.5 Å². The zero-order valence-corrected chi connectivity index (χ0v) is 17.0.